The summed E-state index contributed by atoms with van der Waals surface area (Å²) >= 11 is 0. The molecule has 5 nitrogen and oxygen atoms in total. The normalized spacial score (nSPS) is 17.3. The van der Waals surface area contributed by atoms with Crippen molar-refractivity contribution in [2.75, 3.05) is 53.0 Å². The van der Waals surface area contributed by atoms with Gasteiger partial charge < -0.3 is 20.3 Å². The number of carbonyl (C=O) groups is 1. The fraction of sp³-hybridized carbons (Fsp3) is 0.909. The molecule has 0 spiro atoms. The predicted octanol–water partition coefficient (Wildman–Crippen LogP) is -0.566. The maximum atomic E-state index is 11.5. The lowest BCUT2D eigenvalue weighted by Gasteiger charge is -2.26. The molecule has 0 atom stereocenters. The van der Waals surface area contributed by atoms with Gasteiger partial charge in [-0.15, -0.1) is 0 Å². The third kappa shape index (κ3) is 6.05. The topological polar surface area (TPSA) is 53.6 Å². The van der Waals surface area contributed by atoms with E-state index in [1.54, 1.807) is 7.11 Å². The third-order valence-electron chi connectivity index (χ3n) is 2.71. The monoisotopic (exact) mass is 229 g/mol. The first-order chi connectivity index (χ1) is 7.83. The smallest absolute Gasteiger partial charge is 0.221 e. The van der Waals surface area contributed by atoms with Gasteiger partial charge in [-0.1, -0.05) is 0 Å². The molecule has 0 aromatic rings. The Kier molecular flexibility index (Phi) is 7.12. The molecule has 16 heavy (non-hydrogen) atoms. The average Bonchev–Trinajstić information content (AvgIpc) is 2.33. The number of nitrogens with zero attached hydrogens (tertiary/aromatic N) is 1. The van der Waals surface area contributed by atoms with Crippen molar-refractivity contribution in [3.63, 3.8) is 0 Å². The molecular formula is C11H23N3O2. The lowest BCUT2D eigenvalue weighted by molar-refractivity contribution is -0.121. The van der Waals surface area contributed by atoms with Crippen LogP contribution in [0.1, 0.15) is 12.8 Å². The van der Waals surface area contributed by atoms with E-state index < -0.39 is 0 Å². The molecule has 0 aliphatic carbocycles. The van der Waals surface area contributed by atoms with Gasteiger partial charge in [-0.2, -0.15) is 0 Å². The fourth-order valence-electron chi connectivity index (χ4n) is 1.73. The maximum absolute atomic E-state index is 11.5. The number of hydrogen-bond acceptors (Lipinski definition) is 4. The zero-order valence-corrected chi connectivity index (χ0v) is 10.1. The number of amides is 1. The maximum Gasteiger partial charge on any atom is 0.221 e. The van der Waals surface area contributed by atoms with E-state index in [-0.39, 0.29) is 5.91 Å². The standard InChI is InChI=1S/C11H23N3O2/c1-16-10-2-4-13-11(15)3-7-14-8-5-12-6-9-14/h12H,2-10H2,1H3,(H,13,15). The summed E-state index contributed by atoms with van der Waals surface area (Å²) in [5.74, 6) is 0.148. The summed E-state index contributed by atoms with van der Waals surface area (Å²) in [6, 6.07) is 0. The van der Waals surface area contributed by atoms with Gasteiger partial charge in [0.1, 0.15) is 0 Å². The van der Waals surface area contributed by atoms with Gasteiger partial charge in [0.05, 0.1) is 0 Å². The lowest BCUT2D eigenvalue weighted by atomic mass is 10.3. The molecule has 1 aliphatic rings. The van der Waals surface area contributed by atoms with Crippen molar-refractivity contribution in [3.05, 3.63) is 0 Å². The Hall–Kier alpha value is -0.650. The summed E-state index contributed by atoms with van der Waals surface area (Å²) < 4.78 is 4.91. The Morgan fingerprint density at radius 2 is 2.19 bits per heavy atom. The van der Waals surface area contributed by atoms with Crippen LogP contribution < -0.4 is 10.6 Å². The number of hydrogen-bond donors (Lipinski definition) is 2. The molecular weight excluding hydrogens is 206 g/mol. The summed E-state index contributed by atoms with van der Waals surface area (Å²) in [5.41, 5.74) is 0. The van der Waals surface area contributed by atoms with Crippen LogP contribution in [-0.2, 0) is 9.53 Å². The highest BCUT2D eigenvalue weighted by Gasteiger charge is 2.10. The first-order valence-electron chi connectivity index (χ1n) is 6.01. The van der Waals surface area contributed by atoms with Crippen LogP contribution >= 0.6 is 0 Å². The molecule has 2 N–H and O–H groups in total. The molecule has 1 amide bonds. The lowest BCUT2D eigenvalue weighted by Crippen LogP contribution is -2.44. The molecule has 1 rings (SSSR count). The molecule has 1 saturated heterocycles. The van der Waals surface area contributed by atoms with Crippen LogP contribution in [0, 0.1) is 0 Å². The van der Waals surface area contributed by atoms with Crippen LogP contribution in [0.3, 0.4) is 0 Å². The highest BCUT2D eigenvalue weighted by Crippen LogP contribution is 1.94. The van der Waals surface area contributed by atoms with Gasteiger partial charge in [0.15, 0.2) is 0 Å². The largest absolute Gasteiger partial charge is 0.385 e. The van der Waals surface area contributed by atoms with Gasteiger partial charge in [0, 0.05) is 59.4 Å². The van der Waals surface area contributed by atoms with Gasteiger partial charge >= 0.3 is 0 Å². The minimum absolute atomic E-state index is 0.148. The van der Waals surface area contributed by atoms with Crippen molar-refractivity contribution in [3.8, 4) is 0 Å². The van der Waals surface area contributed by atoms with E-state index in [4.69, 9.17) is 4.74 Å². The number of methoxy groups -OCH3 is 1. The highest BCUT2D eigenvalue weighted by molar-refractivity contribution is 5.75. The second-order valence-electron chi connectivity index (χ2n) is 4.04. The van der Waals surface area contributed by atoms with Gasteiger partial charge in [0.2, 0.25) is 5.91 Å². The van der Waals surface area contributed by atoms with Crippen LogP contribution in [0.2, 0.25) is 0 Å². The zero-order chi connectivity index (χ0) is 11.6. The van der Waals surface area contributed by atoms with Crippen LogP contribution in [-0.4, -0.2) is 63.8 Å². The summed E-state index contributed by atoms with van der Waals surface area (Å²) in [7, 11) is 1.67. The molecule has 0 aromatic heterocycles. The SMILES string of the molecule is COCCCNC(=O)CCN1CCNCC1. The first-order valence-corrected chi connectivity index (χ1v) is 6.01. The Morgan fingerprint density at radius 1 is 1.44 bits per heavy atom. The van der Waals surface area contributed by atoms with Crippen LogP contribution in [0.25, 0.3) is 0 Å². The van der Waals surface area contributed by atoms with Crippen molar-refractivity contribution in [1.82, 2.24) is 15.5 Å². The summed E-state index contributed by atoms with van der Waals surface area (Å²) in [6.07, 6.45) is 1.49. The van der Waals surface area contributed by atoms with Crippen LogP contribution in [0.15, 0.2) is 0 Å². The average molecular weight is 229 g/mol. The minimum atomic E-state index is 0.148. The van der Waals surface area contributed by atoms with Gasteiger partial charge in [-0.05, 0) is 6.42 Å². The van der Waals surface area contributed by atoms with E-state index in [1.165, 1.54) is 0 Å². The fourth-order valence-corrected chi connectivity index (χ4v) is 1.73. The number of carbonyl (C=O) groups excluding carboxylic acids is 1. The van der Waals surface area contributed by atoms with Crippen molar-refractivity contribution in [1.29, 1.82) is 0 Å². The molecule has 1 aliphatic heterocycles. The Bertz CT molecular complexity index is 194. The van der Waals surface area contributed by atoms with E-state index >= 15 is 0 Å². The Balaban J connectivity index is 1.96. The van der Waals surface area contributed by atoms with Gasteiger partial charge in [-0.3, -0.25) is 4.79 Å². The van der Waals surface area contributed by atoms with Crippen LogP contribution in [0.4, 0.5) is 0 Å². The molecule has 94 valence electrons. The summed E-state index contributed by atoms with van der Waals surface area (Å²) in [4.78, 5) is 13.8. The minimum Gasteiger partial charge on any atom is -0.385 e. The van der Waals surface area contributed by atoms with E-state index in [1.807, 2.05) is 0 Å². The predicted molar refractivity (Wildman–Crippen MR) is 63.4 cm³/mol. The van der Waals surface area contributed by atoms with Crippen molar-refractivity contribution >= 4 is 5.91 Å². The van der Waals surface area contributed by atoms with E-state index in [9.17, 15) is 4.79 Å². The Labute approximate surface area is 97.5 Å². The molecule has 0 bridgehead atoms. The number of piperazine rings is 1. The van der Waals surface area contributed by atoms with E-state index in [2.05, 4.69) is 15.5 Å². The van der Waals surface area contributed by atoms with Gasteiger partial charge in [0.25, 0.3) is 0 Å². The molecule has 5 heteroatoms. The second-order valence-corrected chi connectivity index (χ2v) is 4.04. The Morgan fingerprint density at radius 3 is 2.88 bits per heavy atom. The molecule has 1 fully saturated rings. The quantitative estimate of drug-likeness (QED) is 0.574. The summed E-state index contributed by atoms with van der Waals surface area (Å²) in [5, 5.41) is 6.19. The molecule has 0 saturated carbocycles. The highest BCUT2D eigenvalue weighted by atomic mass is 16.5. The molecule has 1 heterocycles. The third-order valence-corrected chi connectivity index (χ3v) is 2.71. The molecule has 0 radical (unpaired) electrons. The van der Waals surface area contributed by atoms with Gasteiger partial charge in [-0.25, -0.2) is 0 Å². The second kappa shape index (κ2) is 8.50. The van der Waals surface area contributed by atoms with Crippen molar-refractivity contribution in [2.24, 2.45) is 0 Å². The number of rotatable bonds is 7. The van der Waals surface area contributed by atoms with Crippen molar-refractivity contribution in [2.45, 2.75) is 12.8 Å². The number of nitrogens with one attached hydrogen (secondary N) is 2. The summed E-state index contributed by atoms with van der Waals surface area (Å²) in [6.45, 7) is 6.48. The molecule has 0 aromatic carbocycles. The molecule has 0 unspecified atom stereocenters. The van der Waals surface area contributed by atoms with Crippen LogP contribution in [0.5, 0.6) is 0 Å². The van der Waals surface area contributed by atoms with E-state index in [0.29, 0.717) is 19.6 Å². The zero-order valence-electron chi connectivity index (χ0n) is 10.1. The van der Waals surface area contributed by atoms with E-state index in [0.717, 1.165) is 39.1 Å². The van der Waals surface area contributed by atoms with Crippen molar-refractivity contribution < 1.29 is 9.53 Å². The number of ether oxygens (including phenoxy) is 1. The first kappa shape index (κ1) is 13.4.